The van der Waals surface area contributed by atoms with Crippen molar-refractivity contribution in [2.75, 3.05) is 0 Å². The van der Waals surface area contributed by atoms with Crippen LogP contribution in [0.1, 0.15) is 53.4 Å². The van der Waals surface area contributed by atoms with Gasteiger partial charge in [-0.25, -0.2) is 0 Å². The van der Waals surface area contributed by atoms with Crippen molar-refractivity contribution in [2.24, 2.45) is 11.3 Å². The number of aliphatic hydroxyl groups is 3. The van der Waals surface area contributed by atoms with E-state index in [1.165, 1.54) is 20.8 Å². The molecule has 0 heterocycles. The summed E-state index contributed by atoms with van der Waals surface area (Å²) in [5, 5.41) is 31.3. The number of carbonyl (C=O) groups excluding carboxylic acids is 2. The normalized spacial score (nSPS) is 46.2. The van der Waals surface area contributed by atoms with E-state index in [-0.39, 0.29) is 25.0 Å². The Morgan fingerprint density at radius 1 is 1.10 bits per heavy atom. The number of hydrogen-bond acceptors (Lipinski definition) is 5. The van der Waals surface area contributed by atoms with Crippen molar-refractivity contribution in [3.05, 3.63) is 0 Å². The summed E-state index contributed by atoms with van der Waals surface area (Å²) in [7, 11) is 0. The van der Waals surface area contributed by atoms with Crippen LogP contribution in [0.2, 0.25) is 0 Å². The van der Waals surface area contributed by atoms with Gasteiger partial charge < -0.3 is 15.3 Å². The Morgan fingerprint density at radius 3 is 2.15 bits per heavy atom. The lowest BCUT2D eigenvalue weighted by Crippen LogP contribution is -2.69. The van der Waals surface area contributed by atoms with Crippen molar-refractivity contribution >= 4 is 11.6 Å². The smallest absolute Gasteiger partial charge is 0.174 e. The molecule has 0 aliphatic heterocycles. The number of carbonyl (C=O) groups is 2. The molecule has 2 rings (SSSR count). The zero-order valence-electron chi connectivity index (χ0n) is 12.6. The molecule has 0 spiro atoms. The molecule has 0 saturated heterocycles. The maximum absolute atomic E-state index is 12.8. The Kier molecular flexibility index (Phi) is 3.21. The molecule has 5 nitrogen and oxygen atoms in total. The molecule has 0 unspecified atom stereocenters. The highest BCUT2D eigenvalue weighted by atomic mass is 16.4. The molecular formula is C15H24O5. The van der Waals surface area contributed by atoms with Gasteiger partial charge in [0.05, 0.1) is 17.1 Å². The van der Waals surface area contributed by atoms with Crippen LogP contribution in [-0.4, -0.2) is 43.7 Å². The van der Waals surface area contributed by atoms with E-state index in [0.29, 0.717) is 6.42 Å². The standard InChI is InChI=1S/C15H24O5/c1-12(2,18)15(20)8-7-13(3)9(16)5-6-14(4,19)10(13)11(15)17/h10,18-20H,5-8H2,1-4H3/t10-,13+,14+,15+/m1/s1. The minimum Gasteiger partial charge on any atom is -0.389 e. The quantitative estimate of drug-likeness (QED) is 0.655. The van der Waals surface area contributed by atoms with Crippen molar-refractivity contribution in [2.45, 2.75) is 70.2 Å². The van der Waals surface area contributed by atoms with Crippen LogP contribution in [0.5, 0.6) is 0 Å². The van der Waals surface area contributed by atoms with Gasteiger partial charge in [0.15, 0.2) is 11.4 Å². The summed E-state index contributed by atoms with van der Waals surface area (Å²) in [6.45, 7) is 5.99. The first kappa shape index (κ1) is 15.6. The number of Topliss-reactive ketones (excluding diaryl/α,β-unsaturated/α-hetero) is 2. The van der Waals surface area contributed by atoms with Gasteiger partial charge in [-0.05, 0) is 40.0 Å². The molecule has 2 aliphatic carbocycles. The molecule has 0 aromatic carbocycles. The first-order chi connectivity index (χ1) is 8.86. The third-order valence-corrected chi connectivity index (χ3v) is 5.44. The Bertz CT molecular complexity index is 461. The first-order valence-corrected chi connectivity index (χ1v) is 7.11. The maximum atomic E-state index is 12.8. The van der Waals surface area contributed by atoms with Crippen molar-refractivity contribution < 1.29 is 24.9 Å². The summed E-state index contributed by atoms with van der Waals surface area (Å²) in [4.78, 5) is 25.0. The van der Waals surface area contributed by atoms with E-state index in [2.05, 4.69) is 0 Å². The average Bonchev–Trinajstić information content (AvgIpc) is 2.28. The molecule has 114 valence electrons. The summed E-state index contributed by atoms with van der Waals surface area (Å²) in [5.74, 6) is -1.63. The van der Waals surface area contributed by atoms with Crippen LogP contribution in [0.4, 0.5) is 0 Å². The van der Waals surface area contributed by atoms with Gasteiger partial charge in [-0.1, -0.05) is 6.92 Å². The summed E-state index contributed by atoms with van der Waals surface area (Å²) in [6, 6.07) is 0. The molecule has 0 amide bonds. The van der Waals surface area contributed by atoms with Crippen LogP contribution in [0, 0.1) is 11.3 Å². The Hall–Kier alpha value is -0.780. The molecule has 3 N–H and O–H groups in total. The SMILES string of the molecule is CC(C)(O)[C@]1(O)CC[C@@]2(C)C(=O)CC[C@](C)(O)[C@@H]2C1=O. The monoisotopic (exact) mass is 284 g/mol. The van der Waals surface area contributed by atoms with E-state index < -0.39 is 33.9 Å². The third kappa shape index (κ3) is 1.87. The molecule has 4 atom stereocenters. The molecule has 0 aromatic rings. The zero-order chi connectivity index (χ0) is 15.6. The highest BCUT2D eigenvalue weighted by Crippen LogP contribution is 2.54. The molecule has 20 heavy (non-hydrogen) atoms. The highest BCUT2D eigenvalue weighted by Gasteiger charge is 2.66. The predicted molar refractivity (Wildman–Crippen MR) is 72.0 cm³/mol. The Labute approximate surface area is 119 Å². The third-order valence-electron chi connectivity index (χ3n) is 5.44. The minimum absolute atomic E-state index is 0.0319. The van der Waals surface area contributed by atoms with Gasteiger partial charge in [-0.2, -0.15) is 0 Å². The lowest BCUT2D eigenvalue weighted by Gasteiger charge is -2.55. The van der Waals surface area contributed by atoms with Crippen LogP contribution in [0.3, 0.4) is 0 Å². The highest BCUT2D eigenvalue weighted by molar-refractivity contribution is 6.00. The van der Waals surface area contributed by atoms with E-state index in [0.717, 1.165) is 0 Å². The second-order valence-electron chi connectivity index (χ2n) is 7.41. The van der Waals surface area contributed by atoms with E-state index in [9.17, 15) is 24.9 Å². The summed E-state index contributed by atoms with van der Waals surface area (Å²) in [5.41, 5.74) is -5.81. The molecule has 2 aliphatic rings. The second kappa shape index (κ2) is 4.12. The summed E-state index contributed by atoms with van der Waals surface area (Å²) >= 11 is 0. The number of rotatable bonds is 1. The minimum atomic E-state index is -1.92. The fourth-order valence-electron chi connectivity index (χ4n) is 3.91. The lowest BCUT2D eigenvalue weighted by molar-refractivity contribution is -0.206. The van der Waals surface area contributed by atoms with Gasteiger partial charge in [0.2, 0.25) is 0 Å². The van der Waals surface area contributed by atoms with Gasteiger partial charge in [-0.15, -0.1) is 0 Å². The molecule has 0 bridgehead atoms. The Balaban J connectivity index is 2.53. The lowest BCUT2D eigenvalue weighted by atomic mass is 9.50. The second-order valence-corrected chi connectivity index (χ2v) is 7.41. The molecule has 0 aromatic heterocycles. The fraction of sp³-hybridized carbons (Fsp3) is 0.867. The van der Waals surface area contributed by atoms with Crippen LogP contribution in [-0.2, 0) is 9.59 Å². The van der Waals surface area contributed by atoms with Crippen LogP contribution in [0.15, 0.2) is 0 Å². The van der Waals surface area contributed by atoms with Gasteiger partial charge >= 0.3 is 0 Å². The molecular weight excluding hydrogens is 260 g/mol. The zero-order valence-corrected chi connectivity index (χ0v) is 12.6. The van der Waals surface area contributed by atoms with Crippen molar-refractivity contribution in [3.63, 3.8) is 0 Å². The average molecular weight is 284 g/mol. The van der Waals surface area contributed by atoms with Crippen LogP contribution < -0.4 is 0 Å². The van der Waals surface area contributed by atoms with Crippen molar-refractivity contribution in [1.82, 2.24) is 0 Å². The molecule has 5 heteroatoms. The fourth-order valence-corrected chi connectivity index (χ4v) is 3.91. The van der Waals surface area contributed by atoms with Gasteiger partial charge in [0, 0.05) is 11.8 Å². The number of fused-ring (bicyclic) bond motifs is 1. The van der Waals surface area contributed by atoms with Gasteiger partial charge in [0.25, 0.3) is 0 Å². The van der Waals surface area contributed by atoms with E-state index in [4.69, 9.17) is 0 Å². The van der Waals surface area contributed by atoms with E-state index in [1.807, 2.05) is 0 Å². The first-order valence-electron chi connectivity index (χ1n) is 7.11. The number of hydrogen-bond donors (Lipinski definition) is 3. The van der Waals surface area contributed by atoms with Gasteiger partial charge in [0.1, 0.15) is 5.78 Å². The Morgan fingerprint density at radius 2 is 1.65 bits per heavy atom. The predicted octanol–water partition coefficient (Wildman–Crippen LogP) is 0.588. The summed E-state index contributed by atoms with van der Waals surface area (Å²) < 4.78 is 0. The van der Waals surface area contributed by atoms with Crippen molar-refractivity contribution in [3.8, 4) is 0 Å². The summed E-state index contributed by atoms with van der Waals surface area (Å²) in [6.07, 6.45) is 0.775. The largest absolute Gasteiger partial charge is 0.389 e. The van der Waals surface area contributed by atoms with E-state index >= 15 is 0 Å². The van der Waals surface area contributed by atoms with E-state index in [1.54, 1.807) is 6.92 Å². The molecule has 2 fully saturated rings. The van der Waals surface area contributed by atoms with Crippen LogP contribution in [0.25, 0.3) is 0 Å². The maximum Gasteiger partial charge on any atom is 0.174 e. The van der Waals surface area contributed by atoms with Crippen LogP contribution >= 0.6 is 0 Å². The number of ketones is 2. The van der Waals surface area contributed by atoms with Gasteiger partial charge in [-0.3, -0.25) is 9.59 Å². The van der Waals surface area contributed by atoms with Crippen molar-refractivity contribution in [1.29, 1.82) is 0 Å². The topological polar surface area (TPSA) is 94.8 Å². The molecule has 2 saturated carbocycles. The molecule has 0 radical (unpaired) electrons.